The Bertz CT molecular complexity index is 1130. The van der Waals surface area contributed by atoms with Gasteiger partial charge in [0.15, 0.2) is 5.65 Å². The molecule has 1 fully saturated rings. The summed E-state index contributed by atoms with van der Waals surface area (Å²) >= 11 is 0. The van der Waals surface area contributed by atoms with Gasteiger partial charge < -0.3 is 10.1 Å². The zero-order chi connectivity index (χ0) is 20.5. The lowest BCUT2D eigenvalue weighted by Gasteiger charge is -2.21. The van der Waals surface area contributed by atoms with E-state index in [0.29, 0.717) is 12.4 Å². The molecule has 3 heterocycles. The van der Waals surface area contributed by atoms with Crippen LogP contribution in [0.3, 0.4) is 0 Å². The highest BCUT2D eigenvalue weighted by Crippen LogP contribution is 2.32. The van der Waals surface area contributed by atoms with Crippen LogP contribution >= 0.6 is 0 Å². The molecule has 1 unspecified atom stereocenters. The molecule has 5 rings (SSSR count). The molecule has 3 aromatic rings. The van der Waals surface area contributed by atoms with Crippen molar-refractivity contribution in [2.75, 3.05) is 11.9 Å². The van der Waals surface area contributed by atoms with Gasteiger partial charge in [-0.05, 0) is 56.9 Å². The minimum absolute atomic E-state index is 0.175. The molecular formula is C23H24FN5O. The van der Waals surface area contributed by atoms with Gasteiger partial charge in [-0.15, -0.1) is 0 Å². The number of halogens is 1. The molecule has 1 aromatic carbocycles. The zero-order valence-electron chi connectivity index (χ0n) is 16.9. The lowest BCUT2D eigenvalue weighted by molar-refractivity contribution is 0.207. The lowest BCUT2D eigenvalue weighted by atomic mass is 10.1. The second-order valence-corrected chi connectivity index (χ2v) is 7.87. The second-order valence-electron chi connectivity index (χ2n) is 7.87. The van der Waals surface area contributed by atoms with Crippen molar-refractivity contribution in [3.63, 3.8) is 0 Å². The van der Waals surface area contributed by atoms with Crippen molar-refractivity contribution in [2.45, 2.75) is 44.8 Å². The number of aliphatic imine (C=N–C) groups is 1. The predicted octanol–water partition coefficient (Wildman–Crippen LogP) is 4.83. The summed E-state index contributed by atoms with van der Waals surface area (Å²) < 4.78 is 22.0. The maximum Gasteiger partial charge on any atom is 0.165 e. The first-order valence-electron chi connectivity index (χ1n) is 10.4. The van der Waals surface area contributed by atoms with Gasteiger partial charge in [-0.2, -0.15) is 5.10 Å². The number of fused-ring (bicyclic) bond motifs is 1. The zero-order valence-corrected chi connectivity index (χ0v) is 16.9. The third-order valence-corrected chi connectivity index (χ3v) is 5.73. The molecule has 1 aliphatic heterocycles. The topological polar surface area (TPSA) is 63.8 Å². The number of rotatable bonds is 6. The summed E-state index contributed by atoms with van der Waals surface area (Å²) in [6, 6.07) is 6.43. The number of benzene rings is 1. The number of nitrogens with zero attached hydrogens (tertiary/aromatic N) is 4. The summed E-state index contributed by atoms with van der Waals surface area (Å²) in [6.45, 7) is 2.68. The Hall–Kier alpha value is -3.22. The number of nitrogens with one attached hydrogen (secondary N) is 1. The minimum Gasteiger partial charge on any atom is -0.490 e. The van der Waals surface area contributed by atoms with Crippen molar-refractivity contribution in [1.29, 1.82) is 0 Å². The Morgan fingerprint density at radius 3 is 2.90 bits per heavy atom. The first-order chi connectivity index (χ1) is 14.7. The van der Waals surface area contributed by atoms with Crippen LogP contribution in [0.5, 0.6) is 5.75 Å². The molecule has 1 atom stereocenters. The first kappa shape index (κ1) is 18.8. The monoisotopic (exact) mass is 405 g/mol. The summed E-state index contributed by atoms with van der Waals surface area (Å²) in [5.41, 5.74) is 3.53. The quantitative estimate of drug-likeness (QED) is 0.638. The van der Waals surface area contributed by atoms with Crippen LogP contribution < -0.4 is 10.1 Å². The van der Waals surface area contributed by atoms with Crippen molar-refractivity contribution in [3.05, 3.63) is 59.7 Å². The van der Waals surface area contributed by atoms with Gasteiger partial charge in [0.1, 0.15) is 17.4 Å². The fraction of sp³-hybridized carbons (Fsp3) is 0.348. The maximum atomic E-state index is 14.0. The van der Waals surface area contributed by atoms with Crippen LogP contribution in [0.1, 0.15) is 49.8 Å². The van der Waals surface area contributed by atoms with Crippen molar-refractivity contribution < 1.29 is 9.13 Å². The van der Waals surface area contributed by atoms with Gasteiger partial charge in [-0.1, -0.05) is 6.08 Å². The van der Waals surface area contributed by atoms with Gasteiger partial charge in [-0.25, -0.2) is 13.9 Å². The molecule has 0 saturated heterocycles. The van der Waals surface area contributed by atoms with E-state index in [1.54, 1.807) is 22.8 Å². The lowest BCUT2D eigenvalue weighted by Crippen LogP contribution is -2.15. The van der Waals surface area contributed by atoms with E-state index < -0.39 is 0 Å². The van der Waals surface area contributed by atoms with Crippen LogP contribution in [0.2, 0.25) is 0 Å². The molecule has 1 saturated carbocycles. The fourth-order valence-electron chi connectivity index (χ4n) is 4.14. The van der Waals surface area contributed by atoms with Crippen molar-refractivity contribution in [3.8, 4) is 5.75 Å². The number of allylic oxidation sites excluding steroid dienone is 1. The molecular weight excluding hydrogens is 381 g/mol. The van der Waals surface area contributed by atoms with Gasteiger partial charge in [0.25, 0.3) is 0 Å². The van der Waals surface area contributed by atoms with Crippen LogP contribution in [-0.2, 0) is 0 Å². The van der Waals surface area contributed by atoms with Crippen LogP contribution in [0.25, 0.3) is 11.2 Å². The highest BCUT2D eigenvalue weighted by atomic mass is 19.1. The van der Waals surface area contributed by atoms with Crippen molar-refractivity contribution in [2.24, 2.45) is 4.99 Å². The highest BCUT2D eigenvalue weighted by Gasteiger charge is 2.21. The van der Waals surface area contributed by atoms with Gasteiger partial charge in [0.05, 0.1) is 24.9 Å². The summed E-state index contributed by atoms with van der Waals surface area (Å²) in [5.74, 6) is 1.16. The molecule has 154 valence electrons. The number of ether oxygens (including phenoxy) is 1. The summed E-state index contributed by atoms with van der Waals surface area (Å²) in [4.78, 5) is 9.00. The smallest absolute Gasteiger partial charge is 0.165 e. The normalized spacial score (nSPS) is 17.5. The summed E-state index contributed by atoms with van der Waals surface area (Å²) in [5, 5.41) is 7.78. The van der Waals surface area contributed by atoms with Gasteiger partial charge >= 0.3 is 0 Å². The standard InChI is InChI=1S/C23H24FN5O/c1-15(19-12-17(24)6-7-21(19)30-18-4-2-3-5-18)27-22-9-11-29-23(28-22)20(14-26-29)16-8-10-25-13-16/h6-9,11-15,18H,2-5,10H2,1H3,(H,27,28). The third kappa shape index (κ3) is 3.67. The molecule has 6 nitrogen and oxygen atoms in total. The maximum absolute atomic E-state index is 14.0. The van der Waals surface area contributed by atoms with Crippen LogP contribution in [0.4, 0.5) is 10.2 Å². The molecule has 0 bridgehead atoms. The first-order valence-corrected chi connectivity index (χ1v) is 10.4. The van der Waals surface area contributed by atoms with E-state index in [9.17, 15) is 4.39 Å². The Morgan fingerprint density at radius 2 is 2.10 bits per heavy atom. The molecule has 2 aliphatic rings. The molecule has 0 radical (unpaired) electrons. The SMILES string of the molecule is CC(Nc1ccn2ncc(C3=CCN=C3)c2n1)c1cc(F)ccc1OC1CCCC1. The Balaban J connectivity index is 1.41. The average molecular weight is 405 g/mol. The number of aromatic nitrogens is 3. The largest absolute Gasteiger partial charge is 0.490 e. The fourth-order valence-corrected chi connectivity index (χ4v) is 4.14. The molecule has 2 aromatic heterocycles. The van der Waals surface area contributed by atoms with E-state index in [1.165, 1.54) is 18.9 Å². The Morgan fingerprint density at radius 1 is 1.23 bits per heavy atom. The number of hydrogen-bond acceptors (Lipinski definition) is 5. The van der Waals surface area contributed by atoms with Gasteiger partial charge in [-0.3, -0.25) is 4.99 Å². The van der Waals surface area contributed by atoms with E-state index in [2.05, 4.69) is 21.5 Å². The Kier molecular flexibility index (Phi) is 4.94. The van der Waals surface area contributed by atoms with E-state index in [1.807, 2.05) is 25.4 Å². The van der Waals surface area contributed by atoms with Crippen molar-refractivity contribution >= 4 is 23.3 Å². The summed E-state index contributed by atoms with van der Waals surface area (Å²) in [6.07, 6.45) is 12.3. The van der Waals surface area contributed by atoms with Crippen molar-refractivity contribution in [1.82, 2.24) is 14.6 Å². The Labute approximate surface area is 174 Å². The van der Waals surface area contributed by atoms with Crippen LogP contribution in [-0.4, -0.2) is 33.5 Å². The second kappa shape index (κ2) is 7.89. The molecule has 0 amide bonds. The number of anilines is 1. The molecule has 30 heavy (non-hydrogen) atoms. The third-order valence-electron chi connectivity index (χ3n) is 5.73. The van der Waals surface area contributed by atoms with E-state index in [-0.39, 0.29) is 18.0 Å². The molecule has 7 heteroatoms. The average Bonchev–Trinajstić information content (AvgIpc) is 3.50. The summed E-state index contributed by atoms with van der Waals surface area (Å²) in [7, 11) is 0. The van der Waals surface area contributed by atoms with E-state index in [0.717, 1.165) is 40.9 Å². The minimum atomic E-state index is -0.272. The van der Waals surface area contributed by atoms with Crippen LogP contribution in [0, 0.1) is 5.82 Å². The van der Waals surface area contributed by atoms with Gasteiger partial charge in [0.2, 0.25) is 0 Å². The van der Waals surface area contributed by atoms with Gasteiger partial charge in [0, 0.05) is 29.1 Å². The van der Waals surface area contributed by atoms with E-state index >= 15 is 0 Å². The van der Waals surface area contributed by atoms with E-state index in [4.69, 9.17) is 9.72 Å². The number of hydrogen-bond donors (Lipinski definition) is 1. The predicted molar refractivity (Wildman–Crippen MR) is 116 cm³/mol. The molecule has 1 aliphatic carbocycles. The highest BCUT2D eigenvalue weighted by molar-refractivity contribution is 6.13. The molecule has 0 spiro atoms. The van der Waals surface area contributed by atoms with Crippen LogP contribution in [0.15, 0.2) is 47.7 Å². The molecule has 1 N–H and O–H groups in total.